The van der Waals surface area contributed by atoms with E-state index in [1.165, 1.54) is 135 Å². The Kier molecular flexibility index (Phi) is 29.6. The number of nitrogens with two attached hydrogens (primary N) is 1. The minimum atomic E-state index is -0.282. The van der Waals surface area contributed by atoms with Gasteiger partial charge in [0.1, 0.15) is 0 Å². The molecule has 0 aliphatic rings. The van der Waals surface area contributed by atoms with E-state index >= 15 is 0 Å². The molecule has 0 bridgehead atoms. The topological polar surface area (TPSA) is 72.2 Å². The fourth-order valence-corrected chi connectivity index (χ4v) is 5.63. The number of hydrogen-bond acceptors (Lipinski definition) is 2. The van der Waals surface area contributed by atoms with Crippen molar-refractivity contribution in [3.63, 3.8) is 0 Å². The molecule has 0 spiro atoms. The smallest absolute Gasteiger partial charge is 0.222 e. The molecule has 0 saturated heterocycles. The Hall–Kier alpha value is -1.32. The summed E-state index contributed by atoms with van der Waals surface area (Å²) >= 11 is 0. The molecule has 236 valence electrons. The number of allylic oxidation sites excluding steroid dienone is 2. The minimum absolute atomic E-state index is 0.0655. The van der Waals surface area contributed by atoms with Crippen LogP contribution >= 0.6 is 0 Å². The Bertz CT molecular complexity index is 589. The highest BCUT2D eigenvalue weighted by atomic mass is 16.2. The number of hydrogen-bond donors (Lipinski definition) is 2. The van der Waals surface area contributed by atoms with Crippen molar-refractivity contribution < 1.29 is 9.59 Å². The van der Waals surface area contributed by atoms with Crippen molar-refractivity contribution in [1.82, 2.24) is 5.32 Å². The molecule has 2 amide bonds. The summed E-state index contributed by atoms with van der Waals surface area (Å²) in [5.74, 6) is -0.475. The second-order valence-corrected chi connectivity index (χ2v) is 12.4. The van der Waals surface area contributed by atoms with Gasteiger partial charge in [-0.15, -0.1) is 0 Å². The Morgan fingerprint density at radius 1 is 0.575 bits per heavy atom. The largest absolute Gasteiger partial charge is 0.369 e. The van der Waals surface area contributed by atoms with Gasteiger partial charge in [-0.2, -0.15) is 0 Å². The lowest BCUT2D eigenvalue weighted by molar-refractivity contribution is -0.125. The first-order valence-electron chi connectivity index (χ1n) is 17.8. The number of carbonyl (C=O) groups is 2. The number of primary amides is 1. The third-order valence-electron chi connectivity index (χ3n) is 8.39. The van der Waals surface area contributed by atoms with E-state index < -0.39 is 0 Å². The maximum atomic E-state index is 12.4. The number of unbranched alkanes of at least 4 members (excludes halogenated alkanes) is 22. The maximum absolute atomic E-state index is 12.4. The molecule has 4 heteroatoms. The van der Waals surface area contributed by atoms with Crippen molar-refractivity contribution in [2.75, 3.05) is 0 Å². The molecule has 0 fully saturated rings. The summed E-state index contributed by atoms with van der Waals surface area (Å²) in [6.45, 7) is 6.45. The minimum Gasteiger partial charge on any atom is -0.369 e. The summed E-state index contributed by atoms with van der Waals surface area (Å²) in [6.07, 6.45) is 38.1. The normalized spacial score (nSPS) is 13.1. The van der Waals surface area contributed by atoms with Crippen LogP contribution in [0, 0.1) is 5.92 Å². The van der Waals surface area contributed by atoms with E-state index in [2.05, 4.69) is 31.3 Å². The molecule has 3 N–H and O–H groups in total. The SMILES string of the molecule is CCCCCCCC/C=C\CCCCCCCCCCCC(=O)NC(C)C(CCCCCCCCCC)C(N)=O. The van der Waals surface area contributed by atoms with Gasteiger partial charge in [-0.25, -0.2) is 0 Å². The first-order chi connectivity index (χ1) is 19.5. The number of carbonyl (C=O) groups excluding carboxylic acids is 2. The van der Waals surface area contributed by atoms with Gasteiger partial charge >= 0.3 is 0 Å². The van der Waals surface area contributed by atoms with Crippen molar-refractivity contribution in [2.24, 2.45) is 11.7 Å². The van der Waals surface area contributed by atoms with Crippen LogP contribution in [-0.4, -0.2) is 17.9 Å². The molecule has 4 nitrogen and oxygen atoms in total. The summed E-state index contributed by atoms with van der Waals surface area (Å²) in [7, 11) is 0. The van der Waals surface area contributed by atoms with Crippen molar-refractivity contribution in [3.8, 4) is 0 Å². The summed E-state index contributed by atoms with van der Waals surface area (Å²) in [5, 5.41) is 3.05. The molecule has 2 atom stereocenters. The molecular weight excluding hydrogens is 492 g/mol. The van der Waals surface area contributed by atoms with Crippen molar-refractivity contribution >= 4 is 11.8 Å². The standard InChI is InChI=1S/C36H70N2O2/c1-4-6-8-10-12-14-15-16-17-18-19-20-21-22-23-24-26-28-30-32-35(39)38-33(3)34(36(37)40)31-29-27-25-13-11-9-7-5-2/h16-17,33-34H,4-15,18-32H2,1-3H3,(H2,37,40)(H,38,39)/b17-16-. The van der Waals surface area contributed by atoms with Crippen LogP contribution in [0.2, 0.25) is 0 Å². The zero-order valence-corrected chi connectivity index (χ0v) is 27.3. The molecule has 0 saturated carbocycles. The second kappa shape index (κ2) is 30.6. The highest BCUT2D eigenvalue weighted by molar-refractivity contribution is 5.80. The van der Waals surface area contributed by atoms with E-state index in [0.29, 0.717) is 6.42 Å². The Balaban J connectivity index is 3.61. The summed E-state index contributed by atoms with van der Waals surface area (Å²) in [4.78, 5) is 24.4. The van der Waals surface area contributed by atoms with Crippen LogP contribution in [0.15, 0.2) is 12.2 Å². The molecule has 0 aliphatic carbocycles. The first-order valence-corrected chi connectivity index (χ1v) is 17.8. The summed E-state index contributed by atoms with van der Waals surface area (Å²) < 4.78 is 0. The Labute approximate surface area is 250 Å². The van der Waals surface area contributed by atoms with Gasteiger partial charge in [0, 0.05) is 12.5 Å². The maximum Gasteiger partial charge on any atom is 0.222 e. The molecule has 0 aromatic carbocycles. The average Bonchev–Trinajstić information content (AvgIpc) is 2.93. The lowest BCUT2D eigenvalue weighted by atomic mass is 9.93. The molecule has 0 aromatic rings. The van der Waals surface area contributed by atoms with Gasteiger partial charge in [0.15, 0.2) is 0 Å². The fourth-order valence-electron chi connectivity index (χ4n) is 5.63. The van der Waals surface area contributed by atoms with Crippen molar-refractivity contribution in [2.45, 2.75) is 200 Å². The van der Waals surface area contributed by atoms with E-state index in [4.69, 9.17) is 5.73 Å². The predicted molar refractivity (Wildman–Crippen MR) is 175 cm³/mol. The number of amides is 2. The lowest BCUT2D eigenvalue weighted by Crippen LogP contribution is -2.43. The molecule has 2 unspecified atom stereocenters. The third kappa shape index (κ3) is 26.9. The van der Waals surface area contributed by atoms with Crippen LogP contribution in [0.5, 0.6) is 0 Å². The van der Waals surface area contributed by atoms with Crippen molar-refractivity contribution in [1.29, 1.82) is 0 Å². The van der Waals surface area contributed by atoms with E-state index in [9.17, 15) is 9.59 Å². The van der Waals surface area contributed by atoms with E-state index in [1.54, 1.807) is 0 Å². The predicted octanol–water partition coefficient (Wildman–Crippen LogP) is 10.7. The second-order valence-electron chi connectivity index (χ2n) is 12.4. The molecule has 0 radical (unpaired) electrons. The van der Waals surface area contributed by atoms with Gasteiger partial charge in [0.05, 0.1) is 5.92 Å². The highest BCUT2D eigenvalue weighted by Crippen LogP contribution is 2.17. The number of rotatable bonds is 31. The van der Waals surface area contributed by atoms with Crippen LogP contribution in [0.4, 0.5) is 0 Å². The molecule has 0 heterocycles. The molecule has 0 rings (SSSR count). The fraction of sp³-hybridized carbons (Fsp3) is 0.889. The molecule has 0 aromatic heterocycles. The summed E-state index contributed by atoms with van der Waals surface area (Å²) in [5.41, 5.74) is 5.67. The average molecular weight is 563 g/mol. The van der Waals surface area contributed by atoms with Gasteiger partial charge in [0.25, 0.3) is 0 Å². The van der Waals surface area contributed by atoms with Gasteiger partial charge in [-0.1, -0.05) is 154 Å². The molecular formula is C36H70N2O2. The summed E-state index contributed by atoms with van der Waals surface area (Å²) in [6, 6.07) is -0.176. The van der Waals surface area contributed by atoms with Crippen LogP contribution < -0.4 is 11.1 Å². The van der Waals surface area contributed by atoms with Crippen molar-refractivity contribution in [3.05, 3.63) is 12.2 Å². The van der Waals surface area contributed by atoms with Gasteiger partial charge in [0.2, 0.25) is 11.8 Å². The van der Waals surface area contributed by atoms with E-state index in [1.807, 2.05) is 6.92 Å². The molecule has 40 heavy (non-hydrogen) atoms. The van der Waals surface area contributed by atoms with Crippen LogP contribution in [0.1, 0.15) is 194 Å². The van der Waals surface area contributed by atoms with Gasteiger partial charge < -0.3 is 11.1 Å². The quantitative estimate of drug-likeness (QED) is 0.0651. The zero-order chi connectivity index (χ0) is 29.5. The van der Waals surface area contributed by atoms with Crippen LogP contribution in [-0.2, 0) is 9.59 Å². The Morgan fingerprint density at radius 3 is 1.38 bits per heavy atom. The lowest BCUT2D eigenvalue weighted by Gasteiger charge is -2.22. The van der Waals surface area contributed by atoms with Gasteiger partial charge in [-0.3, -0.25) is 9.59 Å². The van der Waals surface area contributed by atoms with E-state index in [0.717, 1.165) is 32.1 Å². The van der Waals surface area contributed by atoms with Gasteiger partial charge in [-0.05, 0) is 45.4 Å². The third-order valence-corrected chi connectivity index (χ3v) is 8.39. The van der Waals surface area contributed by atoms with Crippen LogP contribution in [0.25, 0.3) is 0 Å². The monoisotopic (exact) mass is 563 g/mol. The van der Waals surface area contributed by atoms with E-state index in [-0.39, 0.29) is 23.8 Å². The Morgan fingerprint density at radius 2 is 0.950 bits per heavy atom. The number of nitrogens with one attached hydrogen (secondary N) is 1. The molecule has 0 aliphatic heterocycles. The first kappa shape index (κ1) is 38.7. The van der Waals surface area contributed by atoms with Crippen LogP contribution in [0.3, 0.4) is 0 Å². The zero-order valence-electron chi connectivity index (χ0n) is 27.3. The highest BCUT2D eigenvalue weighted by Gasteiger charge is 2.23.